The van der Waals surface area contributed by atoms with Gasteiger partial charge in [-0.25, -0.2) is 22.0 Å². The van der Waals surface area contributed by atoms with Gasteiger partial charge >= 0.3 is 0 Å². The highest BCUT2D eigenvalue weighted by atomic mass is 79.9. The van der Waals surface area contributed by atoms with E-state index in [1.807, 2.05) is 4.90 Å². The van der Waals surface area contributed by atoms with Gasteiger partial charge in [-0.3, -0.25) is 4.79 Å². The van der Waals surface area contributed by atoms with Gasteiger partial charge in [0.15, 0.2) is 23.3 Å². The van der Waals surface area contributed by atoms with Crippen LogP contribution in [0, 0.1) is 29.1 Å². The van der Waals surface area contributed by atoms with Crippen LogP contribution in [-0.2, 0) is 0 Å². The number of hydrogen-bond donors (Lipinski definition) is 1. The Labute approximate surface area is 220 Å². The molecule has 4 rings (SSSR count). The summed E-state index contributed by atoms with van der Waals surface area (Å²) in [4.78, 5) is 15.8. The number of anilines is 3. The number of piperazine rings is 1. The highest BCUT2D eigenvalue weighted by Crippen LogP contribution is 2.34. The van der Waals surface area contributed by atoms with Crippen LogP contribution in [0.5, 0.6) is 5.75 Å². The molecule has 0 atom stereocenters. The van der Waals surface area contributed by atoms with E-state index in [1.165, 1.54) is 7.11 Å². The van der Waals surface area contributed by atoms with E-state index < -0.39 is 34.8 Å². The van der Waals surface area contributed by atoms with Crippen molar-refractivity contribution in [2.75, 3.05) is 48.4 Å². The standard InChI is InChI=1S/C24H18Br2F5N3O2/c1-36-23-15(10-12(25)11-16(23)26)24(35)32-13-2-4-14(5-3-13)33-6-8-34(9-7-33)22-20(30)18(28)17(27)19(29)21(22)31/h2-5,10-11H,6-9H2,1H3,(H,32,35). The molecule has 190 valence electrons. The lowest BCUT2D eigenvalue weighted by Crippen LogP contribution is -2.47. The fourth-order valence-corrected chi connectivity index (χ4v) is 5.34. The summed E-state index contributed by atoms with van der Waals surface area (Å²) in [6.45, 7) is 0.672. The van der Waals surface area contributed by atoms with Crippen LogP contribution in [0.25, 0.3) is 0 Å². The molecule has 1 fully saturated rings. The van der Waals surface area contributed by atoms with E-state index >= 15 is 0 Å². The average Bonchev–Trinajstić information content (AvgIpc) is 2.87. The zero-order valence-electron chi connectivity index (χ0n) is 18.6. The number of halogens is 7. The Kier molecular flexibility index (Phi) is 7.74. The monoisotopic (exact) mass is 633 g/mol. The number of nitrogens with one attached hydrogen (secondary N) is 1. The van der Waals surface area contributed by atoms with Crippen molar-refractivity contribution in [2.45, 2.75) is 0 Å². The molecule has 1 N–H and O–H groups in total. The third-order valence-corrected chi connectivity index (χ3v) is 6.78. The Morgan fingerprint density at radius 2 is 1.36 bits per heavy atom. The van der Waals surface area contributed by atoms with Crippen LogP contribution < -0.4 is 19.9 Å². The molecule has 3 aromatic carbocycles. The molecule has 1 amide bonds. The maximum absolute atomic E-state index is 14.1. The predicted molar refractivity (Wildman–Crippen MR) is 133 cm³/mol. The van der Waals surface area contributed by atoms with Crippen LogP contribution in [0.1, 0.15) is 10.4 Å². The molecular formula is C24H18Br2F5N3O2. The molecule has 0 aliphatic carbocycles. The first-order chi connectivity index (χ1) is 17.1. The molecule has 1 aliphatic heterocycles. The van der Waals surface area contributed by atoms with Crippen LogP contribution in [-0.4, -0.2) is 39.2 Å². The SMILES string of the molecule is COc1c(Br)cc(Br)cc1C(=O)Nc1ccc(N2CCN(c3c(F)c(F)c(F)c(F)c3F)CC2)cc1. The van der Waals surface area contributed by atoms with Crippen LogP contribution >= 0.6 is 31.9 Å². The van der Waals surface area contributed by atoms with Crippen molar-refractivity contribution in [3.05, 3.63) is 80.0 Å². The molecule has 0 saturated carbocycles. The predicted octanol–water partition coefficient (Wildman–Crippen LogP) is 6.49. The average molecular weight is 635 g/mol. The maximum atomic E-state index is 14.1. The van der Waals surface area contributed by atoms with Crippen LogP contribution in [0.2, 0.25) is 0 Å². The van der Waals surface area contributed by atoms with E-state index in [2.05, 4.69) is 37.2 Å². The fourth-order valence-electron chi connectivity index (χ4n) is 3.95. The smallest absolute Gasteiger partial charge is 0.259 e. The summed E-state index contributed by atoms with van der Waals surface area (Å²) in [6.07, 6.45) is 0. The molecule has 1 heterocycles. The van der Waals surface area contributed by atoms with Gasteiger partial charge in [0.05, 0.1) is 17.1 Å². The molecular weight excluding hydrogens is 617 g/mol. The molecule has 0 bridgehead atoms. The quantitative estimate of drug-likeness (QED) is 0.198. The number of carbonyl (C=O) groups excluding carboxylic acids is 1. The molecule has 5 nitrogen and oxygen atoms in total. The Hall–Kier alpha value is -2.86. The van der Waals surface area contributed by atoms with Gasteiger partial charge < -0.3 is 19.9 Å². The third-order valence-electron chi connectivity index (χ3n) is 5.73. The van der Waals surface area contributed by atoms with Gasteiger partial charge in [-0.1, -0.05) is 15.9 Å². The van der Waals surface area contributed by atoms with Gasteiger partial charge in [-0.05, 0) is 52.3 Å². The minimum absolute atomic E-state index is 0.0500. The molecule has 0 aromatic heterocycles. The topological polar surface area (TPSA) is 44.8 Å². The summed E-state index contributed by atoms with van der Waals surface area (Å²) < 4.78 is 75.4. The molecule has 12 heteroatoms. The number of amides is 1. The summed E-state index contributed by atoms with van der Waals surface area (Å²) in [7, 11) is 1.46. The fraction of sp³-hybridized carbons (Fsp3) is 0.208. The third kappa shape index (κ3) is 5.01. The van der Waals surface area contributed by atoms with Crippen molar-refractivity contribution in [1.29, 1.82) is 0 Å². The molecule has 1 aliphatic rings. The van der Waals surface area contributed by atoms with E-state index in [4.69, 9.17) is 4.74 Å². The van der Waals surface area contributed by atoms with Gasteiger partial charge in [0, 0.05) is 42.0 Å². The first-order valence-corrected chi connectivity index (χ1v) is 12.2. The normalized spacial score (nSPS) is 13.7. The minimum atomic E-state index is -2.18. The molecule has 36 heavy (non-hydrogen) atoms. The lowest BCUT2D eigenvalue weighted by molar-refractivity contribution is 0.102. The number of ether oxygens (including phenoxy) is 1. The number of carbonyl (C=O) groups is 1. The van der Waals surface area contributed by atoms with E-state index in [-0.39, 0.29) is 32.1 Å². The Morgan fingerprint density at radius 3 is 1.92 bits per heavy atom. The highest BCUT2D eigenvalue weighted by Gasteiger charge is 2.30. The van der Waals surface area contributed by atoms with E-state index in [1.54, 1.807) is 36.4 Å². The maximum Gasteiger partial charge on any atom is 0.259 e. The molecule has 3 aromatic rings. The number of nitrogens with zero attached hydrogens (tertiary/aromatic N) is 2. The van der Waals surface area contributed by atoms with E-state index in [0.717, 1.165) is 10.6 Å². The first-order valence-electron chi connectivity index (χ1n) is 10.6. The summed E-state index contributed by atoms with van der Waals surface area (Å²) in [5.41, 5.74) is 0.709. The molecule has 1 saturated heterocycles. The second-order valence-corrected chi connectivity index (χ2v) is 9.63. The number of rotatable bonds is 5. The van der Waals surface area contributed by atoms with Crippen molar-refractivity contribution in [3.8, 4) is 5.75 Å². The van der Waals surface area contributed by atoms with Crippen LogP contribution in [0.4, 0.5) is 39.0 Å². The Balaban J connectivity index is 1.43. The summed E-state index contributed by atoms with van der Waals surface area (Å²) in [6, 6.07) is 10.3. The second-order valence-electron chi connectivity index (χ2n) is 7.86. The Morgan fingerprint density at radius 1 is 0.833 bits per heavy atom. The van der Waals surface area contributed by atoms with Crippen LogP contribution in [0.15, 0.2) is 45.3 Å². The lowest BCUT2D eigenvalue weighted by atomic mass is 10.1. The molecule has 0 radical (unpaired) electrons. The number of methoxy groups -OCH3 is 1. The second kappa shape index (κ2) is 10.6. The zero-order chi connectivity index (χ0) is 26.1. The summed E-state index contributed by atoms with van der Waals surface area (Å²) in [5.74, 6) is -9.76. The summed E-state index contributed by atoms with van der Waals surface area (Å²) >= 11 is 6.71. The van der Waals surface area contributed by atoms with E-state index in [9.17, 15) is 26.7 Å². The van der Waals surface area contributed by atoms with Gasteiger partial charge in [-0.15, -0.1) is 0 Å². The van der Waals surface area contributed by atoms with Crippen molar-refractivity contribution >= 4 is 54.8 Å². The number of hydrogen-bond acceptors (Lipinski definition) is 4. The highest BCUT2D eigenvalue weighted by molar-refractivity contribution is 9.11. The molecule has 0 unspecified atom stereocenters. The van der Waals surface area contributed by atoms with Crippen molar-refractivity contribution in [3.63, 3.8) is 0 Å². The van der Waals surface area contributed by atoms with Crippen molar-refractivity contribution in [1.82, 2.24) is 0 Å². The largest absolute Gasteiger partial charge is 0.495 e. The van der Waals surface area contributed by atoms with Gasteiger partial charge in [0.2, 0.25) is 5.82 Å². The lowest BCUT2D eigenvalue weighted by Gasteiger charge is -2.37. The minimum Gasteiger partial charge on any atom is -0.495 e. The van der Waals surface area contributed by atoms with Gasteiger partial charge in [-0.2, -0.15) is 0 Å². The van der Waals surface area contributed by atoms with Crippen molar-refractivity contribution in [2.24, 2.45) is 0 Å². The van der Waals surface area contributed by atoms with Gasteiger partial charge in [0.1, 0.15) is 11.4 Å². The Bertz CT molecular complexity index is 1290. The first kappa shape index (κ1) is 26.2. The zero-order valence-corrected chi connectivity index (χ0v) is 21.8. The summed E-state index contributed by atoms with van der Waals surface area (Å²) in [5, 5.41) is 2.80. The van der Waals surface area contributed by atoms with Crippen LogP contribution in [0.3, 0.4) is 0 Å². The van der Waals surface area contributed by atoms with Gasteiger partial charge in [0.25, 0.3) is 5.91 Å². The van der Waals surface area contributed by atoms with Crippen molar-refractivity contribution < 1.29 is 31.5 Å². The number of benzene rings is 3. The molecule has 0 spiro atoms. The van der Waals surface area contributed by atoms with E-state index in [0.29, 0.717) is 25.9 Å².